The third-order valence-corrected chi connectivity index (χ3v) is 4.13. The fourth-order valence-corrected chi connectivity index (χ4v) is 3.10. The van der Waals surface area contributed by atoms with Crippen LogP contribution in [0.5, 0.6) is 0 Å². The summed E-state index contributed by atoms with van der Waals surface area (Å²) in [6.07, 6.45) is -1.69. The van der Waals surface area contributed by atoms with Gasteiger partial charge in [0.05, 0.1) is 6.54 Å². The molecule has 1 aliphatic carbocycles. The smallest absolute Gasteiger partial charge is 0.326 e. The van der Waals surface area contributed by atoms with Gasteiger partial charge in [0.1, 0.15) is 0 Å². The van der Waals surface area contributed by atoms with Crippen molar-refractivity contribution >= 4 is 11.6 Å². The Morgan fingerprint density at radius 3 is 2.50 bits per heavy atom. The average Bonchev–Trinajstić information content (AvgIpc) is 2.88. The van der Waals surface area contributed by atoms with Crippen molar-refractivity contribution in [2.24, 2.45) is 0 Å². The zero-order chi connectivity index (χ0) is 17.3. The van der Waals surface area contributed by atoms with Gasteiger partial charge in [-0.05, 0) is 43.4 Å². The van der Waals surface area contributed by atoms with Crippen molar-refractivity contribution < 1.29 is 18.0 Å². The zero-order valence-corrected chi connectivity index (χ0v) is 13.3. The molecule has 0 bridgehead atoms. The number of rotatable bonds is 3. The summed E-state index contributed by atoms with van der Waals surface area (Å²) in [5.41, 5.74) is 1.80. The molecule has 0 saturated carbocycles. The van der Waals surface area contributed by atoms with E-state index in [1.807, 2.05) is 0 Å². The van der Waals surface area contributed by atoms with E-state index >= 15 is 0 Å². The SMILES string of the molecule is CC(=O)Nc1ccc(Cn2nc(C(F)(F)F)c3c2CCCC3)cc1. The van der Waals surface area contributed by atoms with Crippen molar-refractivity contribution in [2.45, 2.75) is 45.3 Å². The summed E-state index contributed by atoms with van der Waals surface area (Å²) in [4.78, 5) is 11.0. The Morgan fingerprint density at radius 1 is 1.21 bits per heavy atom. The van der Waals surface area contributed by atoms with E-state index < -0.39 is 11.9 Å². The van der Waals surface area contributed by atoms with Crippen LogP contribution in [0.15, 0.2) is 24.3 Å². The van der Waals surface area contributed by atoms with Crippen LogP contribution in [0.2, 0.25) is 0 Å². The van der Waals surface area contributed by atoms with Crippen molar-refractivity contribution in [1.82, 2.24) is 9.78 Å². The van der Waals surface area contributed by atoms with Gasteiger partial charge in [-0.1, -0.05) is 12.1 Å². The summed E-state index contributed by atoms with van der Waals surface area (Å²) in [6.45, 7) is 1.71. The van der Waals surface area contributed by atoms with Gasteiger partial charge in [0, 0.05) is 23.9 Å². The van der Waals surface area contributed by atoms with Gasteiger partial charge in [0.15, 0.2) is 5.69 Å². The standard InChI is InChI=1S/C17H18F3N3O/c1-11(24)21-13-8-6-12(7-9-13)10-23-15-5-3-2-4-14(15)16(22-23)17(18,19)20/h6-9H,2-5,10H2,1H3,(H,21,24). The molecular weight excluding hydrogens is 319 g/mol. The van der Waals surface area contributed by atoms with Crippen LogP contribution in [-0.4, -0.2) is 15.7 Å². The Morgan fingerprint density at radius 2 is 1.88 bits per heavy atom. The highest BCUT2D eigenvalue weighted by molar-refractivity contribution is 5.88. The van der Waals surface area contributed by atoms with E-state index in [1.54, 1.807) is 24.3 Å². The number of benzene rings is 1. The second-order valence-corrected chi connectivity index (χ2v) is 6.01. The molecule has 0 fully saturated rings. The molecule has 0 atom stereocenters. The summed E-state index contributed by atoms with van der Waals surface area (Å²) in [5, 5.41) is 6.51. The quantitative estimate of drug-likeness (QED) is 0.926. The van der Waals surface area contributed by atoms with Crippen molar-refractivity contribution in [3.63, 3.8) is 0 Å². The van der Waals surface area contributed by atoms with E-state index in [4.69, 9.17) is 0 Å². The number of carbonyl (C=O) groups is 1. The average molecular weight is 337 g/mol. The van der Waals surface area contributed by atoms with Gasteiger partial charge in [-0.2, -0.15) is 18.3 Å². The topological polar surface area (TPSA) is 46.9 Å². The number of fused-ring (bicyclic) bond motifs is 1. The summed E-state index contributed by atoms with van der Waals surface area (Å²) in [6, 6.07) is 7.04. The molecule has 0 aliphatic heterocycles. The van der Waals surface area contributed by atoms with Crippen LogP contribution in [-0.2, 0) is 30.4 Å². The Labute approximate surface area is 137 Å². The van der Waals surface area contributed by atoms with E-state index in [0.717, 1.165) is 18.4 Å². The lowest BCUT2D eigenvalue weighted by Gasteiger charge is -2.15. The fourth-order valence-electron chi connectivity index (χ4n) is 3.10. The molecule has 4 nitrogen and oxygen atoms in total. The monoisotopic (exact) mass is 337 g/mol. The van der Waals surface area contributed by atoms with Crippen molar-refractivity contribution in [2.75, 3.05) is 5.32 Å². The second-order valence-electron chi connectivity index (χ2n) is 6.01. The Bertz CT molecular complexity index is 748. The molecule has 0 spiro atoms. The lowest BCUT2D eigenvalue weighted by Crippen LogP contribution is -2.11. The highest BCUT2D eigenvalue weighted by atomic mass is 19.4. The van der Waals surface area contributed by atoms with E-state index in [2.05, 4.69) is 10.4 Å². The van der Waals surface area contributed by atoms with Gasteiger partial charge < -0.3 is 5.32 Å². The minimum absolute atomic E-state index is 0.168. The Kier molecular flexibility index (Phi) is 4.34. The molecule has 0 saturated heterocycles. The second kappa shape index (κ2) is 6.30. The molecule has 1 N–H and O–H groups in total. The van der Waals surface area contributed by atoms with E-state index in [0.29, 0.717) is 36.3 Å². The summed E-state index contributed by atoms with van der Waals surface area (Å²) in [5.74, 6) is -0.168. The van der Waals surface area contributed by atoms with Gasteiger partial charge in [0.2, 0.25) is 5.91 Å². The third kappa shape index (κ3) is 3.44. The molecule has 3 rings (SSSR count). The van der Waals surface area contributed by atoms with Gasteiger partial charge in [-0.25, -0.2) is 0 Å². The number of nitrogens with zero attached hydrogens (tertiary/aromatic N) is 2. The van der Waals surface area contributed by atoms with E-state index in [1.165, 1.54) is 11.6 Å². The van der Waals surface area contributed by atoms with Crippen molar-refractivity contribution in [1.29, 1.82) is 0 Å². The number of nitrogens with one attached hydrogen (secondary N) is 1. The first kappa shape index (κ1) is 16.5. The van der Waals surface area contributed by atoms with Crippen LogP contribution in [0.1, 0.15) is 42.3 Å². The van der Waals surface area contributed by atoms with E-state index in [9.17, 15) is 18.0 Å². The molecule has 24 heavy (non-hydrogen) atoms. The number of alkyl halides is 3. The number of amides is 1. The Hall–Kier alpha value is -2.31. The fraction of sp³-hybridized carbons (Fsp3) is 0.412. The maximum Gasteiger partial charge on any atom is 0.435 e. The highest BCUT2D eigenvalue weighted by Crippen LogP contribution is 2.36. The number of anilines is 1. The van der Waals surface area contributed by atoms with Crippen LogP contribution in [0.3, 0.4) is 0 Å². The third-order valence-electron chi connectivity index (χ3n) is 4.13. The molecule has 1 amide bonds. The predicted molar refractivity (Wildman–Crippen MR) is 83.7 cm³/mol. The molecule has 0 radical (unpaired) electrons. The number of halogens is 3. The van der Waals surface area contributed by atoms with Crippen LogP contribution in [0.25, 0.3) is 0 Å². The maximum atomic E-state index is 13.2. The van der Waals surface area contributed by atoms with Crippen molar-refractivity contribution in [3.8, 4) is 0 Å². The van der Waals surface area contributed by atoms with Gasteiger partial charge in [0.25, 0.3) is 0 Å². The number of carbonyl (C=O) groups excluding carboxylic acids is 1. The molecule has 1 aromatic carbocycles. The largest absolute Gasteiger partial charge is 0.435 e. The molecule has 7 heteroatoms. The van der Waals surface area contributed by atoms with Crippen LogP contribution >= 0.6 is 0 Å². The van der Waals surface area contributed by atoms with Crippen molar-refractivity contribution in [3.05, 3.63) is 46.8 Å². The number of aromatic nitrogens is 2. The molecular formula is C17H18F3N3O. The first-order valence-corrected chi connectivity index (χ1v) is 7.87. The lowest BCUT2D eigenvalue weighted by molar-refractivity contribution is -0.142. The predicted octanol–water partition coefficient (Wildman–Crippen LogP) is 3.79. The first-order chi connectivity index (χ1) is 11.3. The van der Waals surface area contributed by atoms with Gasteiger partial charge in [-0.15, -0.1) is 0 Å². The van der Waals surface area contributed by atoms with Gasteiger partial charge in [-0.3, -0.25) is 9.48 Å². The molecule has 0 unspecified atom stereocenters. The zero-order valence-electron chi connectivity index (χ0n) is 13.3. The molecule has 1 heterocycles. The van der Waals surface area contributed by atoms with Crippen LogP contribution in [0, 0.1) is 0 Å². The highest BCUT2D eigenvalue weighted by Gasteiger charge is 2.39. The molecule has 1 aliphatic rings. The first-order valence-electron chi connectivity index (χ1n) is 7.87. The van der Waals surface area contributed by atoms with Gasteiger partial charge >= 0.3 is 6.18 Å². The summed E-state index contributed by atoms with van der Waals surface area (Å²) >= 11 is 0. The molecule has 128 valence electrons. The minimum Gasteiger partial charge on any atom is -0.326 e. The minimum atomic E-state index is -4.41. The maximum absolute atomic E-state index is 13.2. The van der Waals surface area contributed by atoms with Crippen LogP contribution < -0.4 is 5.32 Å². The van der Waals surface area contributed by atoms with E-state index in [-0.39, 0.29) is 5.91 Å². The molecule has 1 aromatic heterocycles. The number of hydrogen-bond acceptors (Lipinski definition) is 2. The molecule has 2 aromatic rings. The number of hydrogen-bond donors (Lipinski definition) is 1. The lowest BCUT2D eigenvalue weighted by atomic mass is 9.95. The summed E-state index contributed by atoms with van der Waals surface area (Å²) in [7, 11) is 0. The van der Waals surface area contributed by atoms with Crippen LogP contribution in [0.4, 0.5) is 18.9 Å². The Balaban J connectivity index is 1.87. The normalized spacial score (nSPS) is 14.3. The summed E-state index contributed by atoms with van der Waals surface area (Å²) < 4.78 is 41.0.